The van der Waals surface area contributed by atoms with Crippen molar-refractivity contribution in [2.24, 2.45) is 28.6 Å². The highest BCUT2D eigenvalue weighted by atomic mass is 35.5. The number of aromatic nitrogens is 2. The standard InChI is InChI=1S/C35H49ClFN3O3/c1-22(19-34(3,4)5)14-15-24(23(2)20-35(6,7)8)21-40-31(38-27-17-16-25(37)18-26(27)33(40)42)30(36)32(41)39-28-12-10-11-13-29(28)43-9/h10-13,16-18,22-24,30H,14-15,19-21H2,1-9H3,(H,39,41). The van der Waals surface area contributed by atoms with Crippen LogP contribution in [0.4, 0.5) is 10.1 Å². The molecule has 1 heterocycles. The number of hydrogen-bond donors (Lipinski definition) is 1. The van der Waals surface area contributed by atoms with Crippen LogP contribution in [0.15, 0.2) is 47.3 Å². The summed E-state index contributed by atoms with van der Waals surface area (Å²) in [7, 11) is 1.52. The third kappa shape index (κ3) is 9.79. The van der Waals surface area contributed by atoms with Gasteiger partial charge in [-0.15, -0.1) is 11.6 Å². The summed E-state index contributed by atoms with van der Waals surface area (Å²) >= 11 is 6.83. The Hall–Kier alpha value is -2.93. The van der Waals surface area contributed by atoms with E-state index in [-0.39, 0.29) is 33.9 Å². The summed E-state index contributed by atoms with van der Waals surface area (Å²) in [6.07, 6.45) is 3.97. The largest absolute Gasteiger partial charge is 0.495 e. The van der Waals surface area contributed by atoms with Crippen LogP contribution in [-0.4, -0.2) is 22.6 Å². The Balaban J connectivity index is 2.06. The number of nitrogens with zero attached hydrogens (tertiary/aromatic N) is 2. The van der Waals surface area contributed by atoms with Crippen molar-refractivity contribution >= 4 is 34.1 Å². The molecule has 0 fully saturated rings. The van der Waals surface area contributed by atoms with Crippen molar-refractivity contribution in [1.29, 1.82) is 0 Å². The lowest BCUT2D eigenvalue weighted by atomic mass is 9.76. The minimum absolute atomic E-state index is 0.0941. The van der Waals surface area contributed by atoms with Gasteiger partial charge in [0.15, 0.2) is 5.38 Å². The predicted molar refractivity (Wildman–Crippen MR) is 175 cm³/mol. The Kier molecular flexibility index (Phi) is 11.4. The molecule has 0 aliphatic carbocycles. The number of amides is 1. The second-order valence-electron chi connectivity index (χ2n) is 14.5. The number of ether oxygens (including phenoxy) is 1. The number of para-hydroxylation sites is 2. The van der Waals surface area contributed by atoms with Gasteiger partial charge in [0.25, 0.3) is 5.56 Å². The Morgan fingerprint density at radius 2 is 1.67 bits per heavy atom. The first-order valence-corrected chi connectivity index (χ1v) is 15.7. The molecule has 1 aromatic heterocycles. The van der Waals surface area contributed by atoms with Crippen molar-refractivity contribution in [3.63, 3.8) is 0 Å². The van der Waals surface area contributed by atoms with Gasteiger partial charge in [-0.1, -0.05) is 73.9 Å². The fourth-order valence-electron chi connectivity index (χ4n) is 6.21. The SMILES string of the molecule is COc1ccccc1NC(=O)C(Cl)c1nc2ccc(F)cc2c(=O)n1CC(CCC(C)CC(C)(C)C)C(C)CC(C)(C)C. The molecule has 0 saturated carbocycles. The van der Waals surface area contributed by atoms with Crippen molar-refractivity contribution in [2.75, 3.05) is 12.4 Å². The molecule has 0 bridgehead atoms. The minimum Gasteiger partial charge on any atom is -0.495 e. The molecule has 0 aliphatic rings. The van der Waals surface area contributed by atoms with Crippen molar-refractivity contribution in [1.82, 2.24) is 9.55 Å². The Labute approximate surface area is 261 Å². The summed E-state index contributed by atoms with van der Waals surface area (Å²) < 4.78 is 21.2. The molecule has 4 atom stereocenters. The van der Waals surface area contributed by atoms with Crippen LogP contribution in [0.25, 0.3) is 10.9 Å². The Bertz CT molecular complexity index is 1460. The molecule has 1 N–H and O–H groups in total. The summed E-state index contributed by atoms with van der Waals surface area (Å²) in [5, 5.41) is 1.72. The Morgan fingerprint density at radius 1 is 1.02 bits per heavy atom. The van der Waals surface area contributed by atoms with E-state index in [2.05, 4.69) is 65.7 Å². The topological polar surface area (TPSA) is 73.2 Å². The highest BCUT2D eigenvalue weighted by molar-refractivity contribution is 6.32. The number of halogens is 2. The molecule has 0 aliphatic heterocycles. The summed E-state index contributed by atoms with van der Waals surface area (Å²) in [6, 6.07) is 11.0. The molecule has 0 spiro atoms. The summed E-state index contributed by atoms with van der Waals surface area (Å²) in [6.45, 7) is 18.3. The second-order valence-corrected chi connectivity index (χ2v) is 15.0. The smallest absolute Gasteiger partial charge is 0.261 e. The lowest BCUT2D eigenvalue weighted by Crippen LogP contribution is -2.34. The van der Waals surface area contributed by atoms with E-state index in [1.807, 2.05) is 0 Å². The van der Waals surface area contributed by atoms with Crippen LogP contribution in [0.2, 0.25) is 0 Å². The Morgan fingerprint density at radius 3 is 2.30 bits per heavy atom. The molecule has 0 saturated heterocycles. The molecule has 1 amide bonds. The first-order chi connectivity index (χ1) is 20.0. The van der Waals surface area contributed by atoms with E-state index >= 15 is 0 Å². The zero-order chi connectivity index (χ0) is 32.1. The van der Waals surface area contributed by atoms with Gasteiger partial charge in [-0.2, -0.15) is 0 Å². The maximum absolute atomic E-state index is 14.3. The monoisotopic (exact) mass is 613 g/mol. The van der Waals surface area contributed by atoms with Gasteiger partial charge >= 0.3 is 0 Å². The van der Waals surface area contributed by atoms with Gasteiger partial charge in [-0.05, 0) is 78.2 Å². The van der Waals surface area contributed by atoms with E-state index in [1.165, 1.54) is 29.9 Å². The third-order valence-corrected chi connectivity index (χ3v) is 8.31. The van der Waals surface area contributed by atoms with Crippen LogP contribution >= 0.6 is 11.6 Å². The van der Waals surface area contributed by atoms with Crippen LogP contribution in [0.1, 0.15) is 92.3 Å². The molecule has 3 aromatic rings. The quantitative estimate of drug-likeness (QED) is 0.207. The highest BCUT2D eigenvalue weighted by Gasteiger charge is 2.30. The van der Waals surface area contributed by atoms with Gasteiger partial charge in [0, 0.05) is 6.54 Å². The first kappa shape index (κ1) is 34.6. The number of nitrogens with one attached hydrogen (secondary N) is 1. The number of carbonyl (C=O) groups is 1. The van der Waals surface area contributed by atoms with E-state index < -0.39 is 22.7 Å². The average molecular weight is 614 g/mol. The molecule has 6 nitrogen and oxygen atoms in total. The van der Waals surface area contributed by atoms with Gasteiger partial charge in [-0.25, -0.2) is 9.37 Å². The van der Waals surface area contributed by atoms with E-state index in [0.717, 1.165) is 25.7 Å². The highest BCUT2D eigenvalue weighted by Crippen LogP contribution is 2.35. The lowest BCUT2D eigenvalue weighted by molar-refractivity contribution is -0.116. The van der Waals surface area contributed by atoms with E-state index in [0.29, 0.717) is 29.4 Å². The zero-order valence-corrected chi connectivity index (χ0v) is 28.0. The molecule has 0 radical (unpaired) electrons. The average Bonchev–Trinajstić information content (AvgIpc) is 2.90. The number of fused-ring (bicyclic) bond motifs is 1. The van der Waals surface area contributed by atoms with Gasteiger partial charge in [0.1, 0.15) is 17.4 Å². The molecule has 2 aromatic carbocycles. The fraction of sp³-hybridized carbons (Fsp3) is 0.571. The lowest BCUT2D eigenvalue weighted by Gasteiger charge is -2.32. The molecule has 236 valence electrons. The second kappa shape index (κ2) is 14.2. The molecule has 43 heavy (non-hydrogen) atoms. The van der Waals surface area contributed by atoms with Gasteiger partial charge in [0.2, 0.25) is 5.91 Å². The molecule has 4 unspecified atom stereocenters. The molecular formula is C35H49ClFN3O3. The van der Waals surface area contributed by atoms with E-state index in [1.54, 1.807) is 24.3 Å². The van der Waals surface area contributed by atoms with Gasteiger partial charge in [-0.3, -0.25) is 14.2 Å². The van der Waals surface area contributed by atoms with E-state index in [9.17, 15) is 14.0 Å². The number of anilines is 1. The predicted octanol–water partition coefficient (Wildman–Crippen LogP) is 9.00. The minimum atomic E-state index is -1.27. The van der Waals surface area contributed by atoms with Crippen LogP contribution in [0, 0.1) is 34.4 Å². The maximum Gasteiger partial charge on any atom is 0.261 e. The number of rotatable bonds is 12. The normalized spacial score (nSPS) is 15.1. The third-order valence-electron chi connectivity index (χ3n) is 7.91. The zero-order valence-electron chi connectivity index (χ0n) is 27.3. The number of methoxy groups -OCH3 is 1. The molecular weight excluding hydrogens is 565 g/mol. The van der Waals surface area contributed by atoms with Crippen LogP contribution in [-0.2, 0) is 11.3 Å². The summed E-state index contributed by atoms with van der Waals surface area (Å²) in [4.78, 5) is 32.2. The fourth-order valence-corrected chi connectivity index (χ4v) is 6.43. The van der Waals surface area contributed by atoms with Crippen LogP contribution in [0.5, 0.6) is 5.75 Å². The van der Waals surface area contributed by atoms with E-state index in [4.69, 9.17) is 16.3 Å². The van der Waals surface area contributed by atoms with Crippen LogP contribution < -0.4 is 15.6 Å². The van der Waals surface area contributed by atoms with Crippen molar-refractivity contribution in [3.05, 3.63) is 64.5 Å². The number of carbonyl (C=O) groups excluding carboxylic acids is 1. The van der Waals surface area contributed by atoms with Crippen molar-refractivity contribution in [3.8, 4) is 5.75 Å². The molecule has 3 rings (SSSR count). The van der Waals surface area contributed by atoms with Crippen molar-refractivity contribution < 1.29 is 13.9 Å². The van der Waals surface area contributed by atoms with Gasteiger partial charge < -0.3 is 10.1 Å². The number of hydrogen-bond acceptors (Lipinski definition) is 4. The summed E-state index contributed by atoms with van der Waals surface area (Å²) in [5.41, 5.74) is 0.680. The number of benzene rings is 2. The maximum atomic E-state index is 14.3. The van der Waals surface area contributed by atoms with Gasteiger partial charge in [0.05, 0.1) is 23.7 Å². The van der Waals surface area contributed by atoms with Crippen LogP contribution in [0.3, 0.4) is 0 Å². The summed E-state index contributed by atoms with van der Waals surface area (Å²) in [5.74, 6) is 0.486. The number of alkyl halides is 1. The molecule has 8 heteroatoms. The van der Waals surface area contributed by atoms with Crippen molar-refractivity contribution in [2.45, 2.75) is 93.0 Å². The first-order valence-electron chi connectivity index (χ1n) is 15.3.